The summed E-state index contributed by atoms with van der Waals surface area (Å²) in [7, 11) is 3.48. The van der Waals surface area contributed by atoms with Gasteiger partial charge < -0.3 is 4.90 Å². The van der Waals surface area contributed by atoms with Crippen molar-refractivity contribution in [2.75, 3.05) is 19.0 Å². The molecule has 1 heterocycles. The fraction of sp³-hybridized carbons (Fsp3) is 0.333. The maximum absolute atomic E-state index is 10.7. The van der Waals surface area contributed by atoms with Crippen LogP contribution in [0.4, 0.5) is 5.82 Å². The number of nitrogens with zero attached hydrogens (tertiary/aromatic N) is 1. The first-order valence-electron chi connectivity index (χ1n) is 3.10. The van der Waals surface area contributed by atoms with E-state index < -0.39 is 11.2 Å². The molecule has 6 heteroatoms. The van der Waals surface area contributed by atoms with E-state index in [4.69, 9.17) is 0 Å². The quantitative estimate of drug-likeness (QED) is 0.605. The van der Waals surface area contributed by atoms with Gasteiger partial charge in [-0.3, -0.25) is 14.8 Å². The number of anilines is 1. The van der Waals surface area contributed by atoms with Gasteiger partial charge in [0.25, 0.3) is 5.56 Å². The molecule has 1 aromatic heterocycles. The molecular weight excluding hydrogens is 211 g/mol. The number of hydrogen-bond acceptors (Lipinski definition) is 3. The second-order valence-electron chi connectivity index (χ2n) is 2.37. The molecule has 0 aliphatic rings. The molecule has 0 bridgehead atoms. The normalized spacial score (nSPS) is 8.83. The molecule has 12 heavy (non-hydrogen) atoms. The molecule has 0 aliphatic carbocycles. The molecule has 0 fully saturated rings. The van der Waals surface area contributed by atoms with Crippen molar-refractivity contribution in [2.45, 2.75) is 0 Å². The molecule has 0 radical (unpaired) electrons. The molecule has 0 spiro atoms. The second kappa shape index (κ2) is 4.21. The van der Waals surface area contributed by atoms with E-state index in [1.165, 1.54) is 6.07 Å². The van der Waals surface area contributed by atoms with Gasteiger partial charge in [-0.1, -0.05) is 0 Å². The maximum Gasteiger partial charge on any atom is 0.327 e. The van der Waals surface area contributed by atoms with Crippen molar-refractivity contribution in [2.24, 2.45) is 0 Å². The molecular formula is C6H9N3O2Zn. The smallest absolute Gasteiger partial charge is 0.327 e. The summed E-state index contributed by atoms with van der Waals surface area (Å²) in [6, 6.07) is 1.32. The van der Waals surface area contributed by atoms with Gasteiger partial charge in [-0.2, -0.15) is 0 Å². The van der Waals surface area contributed by atoms with Crippen LogP contribution in [0.2, 0.25) is 0 Å². The van der Waals surface area contributed by atoms with Crippen LogP contribution in [0.1, 0.15) is 0 Å². The van der Waals surface area contributed by atoms with E-state index in [9.17, 15) is 9.59 Å². The zero-order valence-electron chi connectivity index (χ0n) is 7.05. The Bertz CT molecular complexity index is 326. The third-order valence-electron chi connectivity index (χ3n) is 1.23. The summed E-state index contributed by atoms with van der Waals surface area (Å²) in [5, 5.41) is 0. The largest absolute Gasteiger partial charge is 0.364 e. The number of H-pyrrole nitrogens is 2. The number of rotatable bonds is 1. The molecule has 1 aromatic rings. The summed E-state index contributed by atoms with van der Waals surface area (Å²) in [6.45, 7) is 0. The van der Waals surface area contributed by atoms with Crippen LogP contribution in [-0.4, -0.2) is 24.1 Å². The predicted molar refractivity (Wildman–Crippen MR) is 42.0 cm³/mol. The molecule has 1 rings (SSSR count). The second-order valence-corrected chi connectivity index (χ2v) is 2.37. The number of aromatic nitrogens is 2. The van der Waals surface area contributed by atoms with Gasteiger partial charge in [0.1, 0.15) is 5.82 Å². The average molecular weight is 221 g/mol. The first-order chi connectivity index (χ1) is 5.09. The van der Waals surface area contributed by atoms with Crippen molar-refractivity contribution < 1.29 is 19.5 Å². The molecule has 5 nitrogen and oxygen atoms in total. The summed E-state index contributed by atoms with van der Waals surface area (Å²) >= 11 is 0. The minimum Gasteiger partial charge on any atom is -0.364 e. The summed E-state index contributed by atoms with van der Waals surface area (Å²) in [5.74, 6) is 0.499. The van der Waals surface area contributed by atoms with Crippen LogP contribution in [0.25, 0.3) is 0 Å². The Morgan fingerprint density at radius 1 is 1.25 bits per heavy atom. The van der Waals surface area contributed by atoms with Crippen molar-refractivity contribution in [3.05, 3.63) is 26.9 Å². The van der Waals surface area contributed by atoms with E-state index in [1.807, 2.05) is 0 Å². The van der Waals surface area contributed by atoms with Crippen molar-refractivity contribution in [3.63, 3.8) is 0 Å². The minimum absolute atomic E-state index is 0. The molecule has 0 saturated heterocycles. The van der Waals surface area contributed by atoms with E-state index in [2.05, 4.69) is 9.97 Å². The van der Waals surface area contributed by atoms with Gasteiger partial charge in [-0.05, 0) is 0 Å². The summed E-state index contributed by atoms with van der Waals surface area (Å²) in [6.07, 6.45) is 0. The molecule has 0 atom stereocenters. The number of aromatic amines is 2. The van der Waals surface area contributed by atoms with Gasteiger partial charge in [0.05, 0.1) is 0 Å². The molecule has 0 unspecified atom stereocenters. The van der Waals surface area contributed by atoms with Crippen LogP contribution >= 0.6 is 0 Å². The van der Waals surface area contributed by atoms with Gasteiger partial charge in [0.2, 0.25) is 0 Å². The first kappa shape index (κ1) is 11.1. The van der Waals surface area contributed by atoms with Crippen LogP contribution in [0, 0.1) is 0 Å². The van der Waals surface area contributed by atoms with E-state index in [0.717, 1.165) is 0 Å². The van der Waals surface area contributed by atoms with Gasteiger partial charge in [-0.25, -0.2) is 4.79 Å². The van der Waals surface area contributed by atoms with Gasteiger partial charge >= 0.3 is 5.69 Å². The third kappa shape index (κ3) is 2.62. The molecule has 0 aliphatic heterocycles. The SMILES string of the molecule is CN(C)c1cc(=O)[nH]c(=O)[nH]1.[Zn]. The Morgan fingerprint density at radius 2 is 1.83 bits per heavy atom. The van der Waals surface area contributed by atoms with Crippen molar-refractivity contribution in [1.29, 1.82) is 0 Å². The van der Waals surface area contributed by atoms with E-state index in [1.54, 1.807) is 19.0 Å². The molecule has 0 aromatic carbocycles. The van der Waals surface area contributed by atoms with Crippen molar-refractivity contribution >= 4 is 5.82 Å². The Labute approximate surface area is 81.6 Å². The maximum atomic E-state index is 10.7. The van der Waals surface area contributed by atoms with E-state index in [-0.39, 0.29) is 19.5 Å². The minimum atomic E-state index is -0.485. The zero-order chi connectivity index (χ0) is 8.43. The predicted octanol–water partition coefficient (Wildman–Crippen LogP) is -0.873. The zero-order valence-corrected chi connectivity index (χ0v) is 10.0. The van der Waals surface area contributed by atoms with Crippen molar-refractivity contribution in [3.8, 4) is 0 Å². The molecule has 0 amide bonds. The Hall–Kier alpha value is -0.897. The van der Waals surface area contributed by atoms with Crippen LogP contribution in [0.5, 0.6) is 0 Å². The first-order valence-corrected chi connectivity index (χ1v) is 3.10. The number of nitrogens with one attached hydrogen (secondary N) is 2. The molecule has 2 N–H and O–H groups in total. The molecule has 0 saturated carbocycles. The van der Waals surface area contributed by atoms with Crippen molar-refractivity contribution in [1.82, 2.24) is 9.97 Å². The molecule has 62 valence electrons. The monoisotopic (exact) mass is 219 g/mol. The van der Waals surface area contributed by atoms with Crippen LogP contribution in [0.15, 0.2) is 15.7 Å². The van der Waals surface area contributed by atoms with Crippen LogP contribution < -0.4 is 16.1 Å². The fourth-order valence-corrected chi connectivity index (χ4v) is 0.697. The standard InChI is InChI=1S/C6H9N3O2.Zn/c1-9(2)4-3-5(10)8-6(11)7-4;/h3H,1-2H3,(H2,7,8,10,11);. The summed E-state index contributed by atoms with van der Waals surface area (Å²) in [5.41, 5.74) is -0.876. The van der Waals surface area contributed by atoms with Gasteiger partial charge in [0.15, 0.2) is 0 Å². The third-order valence-corrected chi connectivity index (χ3v) is 1.23. The van der Waals surface area contributed by atoms with E-state index in [0.29, 0.717) is 5.82 Å². The van der Waals surface area contributed by atoms with Crippen LogP contribution in [0.3, 0.4) is 0 Å². The average Bonchev–Trinajstić information content (AvgIpc) is 1.85. The Kier molecular flexibility index (Phi) is 3.89. The fourth-order valence-electron chi connectivity index (χ4n) is 0.697. The van der Waals surface area contributed by atoms with Crippen LogP contribution in [-0.2, 0) is 19.5 Å². The Balaban J connectivity index is 0.00000121. The van der Waals surface area contributed by atoms with Gasteiger partial charge in [0, 0.05) is 39.6 Å². The topological polar surface area (TPSA) is 69.0 Å². The summed E-state index contributed by atoms with van der Waals surface area (Å²) < 4.78 is 0. The van der Waals surface area contributed by atoms with E-state index >= 15 is 0 Å². The summed E-state index contributed by atoms with van der Waals surface area (Å²) in [4.78, 5) is 27.6. The van der Waals surface area contributed by atoms with Gasteiger partial charge in [-0.15, -0.1) is 0 Å². The number of hydrogen-bond donors (Lipinski definition) is 2. The Morgan fingerprint density at radius 3 is 2.25 bits per heavy atom.